The van der Waals surface area contributed by atoms with Crippen molar-refractivity contribution >= 4 is 5.91 Å². The minimum atomic E-state index is -0.613. The van der Waals surface area contributed by atoms with Crippen molar-refractivity contribution in [1.29, 1.82) is 0 Å². The van der Waals surface area contributed by atoms with Crippen LogP contribution >= 0.6 is 0 Å². The van der Waals surface area contributed by atoms with Gasteiger partial charge in [0.25, 0.3) is 5.91 Å². The third-order valence-corrected chi connectivity index (χ3v) is 4.29. The first kappa shape index (κ1) is 13.4. The number of hydrogen-bond acceptors (Lipinski definition) is 3. The Morgan fingerprint density at radius 3 is 2.85 bits per heavy atom. The number of ether oxygens (including phenoxy) is 1. The molecule has 20 heavy (non-hydrogen) atoms. The molecular weight excluding hydrogens is 254 g/mol. The summed E-state index contributed by atoms with van der Waals surface area (Å²) >= 11 is 0. The van der Waals surface area contributed by atoms with Crippen LogP contribution in [0.3, 0.4) is 0 Å². The molecule has 0 unspecified atom stereocenters. The molecule has 0 aromatic heterocycles. The monoisotopic (exact) mass is 275 g/mol. The summed E-state index contributed by atoms with van der Waals surface area (Å²) in [6.45, 7) is 3.07. The van der Waals surface area contributed by atoms with Crippen LogP contribution in [0.2, 0.25) is 0 Å². The molecule has 3 rings (SSSR count). The average molecular weight is 275 g/mol. The molecule has 1 saturated heterocycles. The number of carbonyl (C=O) groups is 1. The van der Waals surface area contributed by atoms with Gasteiger partial charge in [-0.15, -0.1) is 0 Å². The Labute approximate surface area is 119 Å². The fourth-order valence-corrected chi connectivity index (χ4v) is 2.76. The molecule has 2 aliphatic rings. The molecule has 0 radical (unpaired) electrons. The number of β-amino-alcohol motifs (C(OH)–C–C–N with tert-alkyl or cyclic N) is 1. The summed E-state index contributed by atoms with van der Waals surface area (Å²) in [6.07, 6.45) is 3.14. The van der Waals surface area contributed by atoms with Gasteiger partial charge in [-0.1, -0.05) is 19.1 Å². The highest BCUT2D eigenvalue weighted by Crippen LogP contribution is 2.44. The molecule has 0 bridgehead atoms. The molecule has 1 aliphatic heterocycles. The number of benzene rings is 1. The molecule has 2 fully saturated rings. The Balaban J connectivity index is 1.48. The van der Waals surface area contributed by atoms with Crippen molar-refractivity contribution < 1.29 is 14.6 Å². The third kappa shape index (κ3) is 2.66. The van der Waals surface area contributed by atoms with Crippen LogP contribution in [0.5, 0.6) is 5.75 Å². The maximum absolute atomic E-state index is 12.0. The minimum absolute atomic E-state index is 0.0442. The molecule has 1 amide bonds. The summed E-state index contributed by atoms with van der Waals surface area (Å²) < 4.78 is 5.54. The van der Waals surface area contributed by atoms with E-state index in [-0.39, 0.29) is 12.5 Å². The van der Waals surface area contributed by atoms with Crippen LogP contribution in [0.1, 0.15) is 25.3 Å². The van der Waals surface area contributed by atoms with Gasteiger partial charge < -0.3 is 14.7 Å². The lowest BCUT2D eigenvalue weighted by Gasteiger charge is -2.46. The molecule has 4 nitrogen and oxygen atoms in total. The van der Waals surface area contributed by atoms with Crippen LogP contribution < -0.4 is 4.74 Å². The number of aliphatic hydroxyl groups is 1. The fraction of sp³-hybridized carbons (Fsp3) is 0.562. The average Bonchev–Trinajstić information content (AvgIpc) is 3.26. The van der Waals surface area contributed by atoms with Gasteiger partial charge in [0.05, 0.1) is 13.1 Å². The van der Waals surface area contributed by atoms with Crippen molar-refractivity contribution in [3.8, 4) is 5.75 Å². The summed E-state index contributed by atoms with van der Waals surface area (Å²) in [7, 11) is 0. The summed E-state index contributed by atoms with van der Waals surface area (Å²) in [5.41, 5.74) is 0.583. The van der Waals surface area contributed by atoms with Gasteiger partial charge in [-0.2, -0.15) is 0 Å². The van der Waals surface area contributed by atoms with Crippen molar-refractivity contribution in [2.75, 3.05) is 19.7 Å². The molecule has 0 spiro atoms. The van der Waals surface area contributed by atoms with E-state index in [9.17, 15) is 9.90 Å². The molecule has 1 heterocycles. The van der Waals surface area contributed by atoms with E-state index in [1.165, 1.54) is 5.56 Å². The van der Waals surface area contributed by atoms with Crippen molar-refractivity contribution in [3.63, 3.8) is 0 Å². The van der Waals surface area contributed by atoms with E-state index < -0.39 is 5.60 Å². The lowest BCUT2D eigenvalue weighted by atomic mass is 9.89. The SMILES string of the molecule is CCc1cccc(OCC(=O)N2CC(O)(C3CC3)C2)c1. The van der Waals surface area contributed by atoms with Crippen LogP contribution in [0.15, 0.2) is 24.3 Å². The van der Waals surface area contributed by atoms with Gasteiger partial charge in [0, 0.05) is 0 Å². The van der Waals surface area contributed by atoms with Gasteiger partial charge in [0.15, 0.2) is 6.61 Å². The number of aryl methyl sites for hydroxylation is 1. The van der Waals surface area contributed by atoms with Crippen LogP contribution in [0.4, 0.5) is 0 Å². The first-order chi connectivity index (χ1) is 9.60. The second-order valence-electron chi connectivity index (χ2n) is 5.92. The molecule has 108 valence electrons. The highest BCUT2D eigenvalue weighted by molar-refractivity contribution is 5.79. The minimum Gasteiger partial charge on any atom is -0.484 e. The maximum atomic E-state index is 12.0. The van der Waals surface area contributed by atoms with Gasteiger partial charge in [0.2, 0.25) is 0 Å². The molecule has 0 atom stereocenters. The molecule has 1 aromatic carbocycles. The van der Waals surface area contributed by atoms with Gasteiger partial charge in [-0.25, -0.2) is 0 Å². The number of likely N-dealkylation sites (tertiary alicyclic amines) is 1. The predicted molar refractivity (Wildman–Crippen MR) is 75.6 cm³/mol. The Hall–Kier alpha value is -1.55. The lowest BCUT2D eigenvalue weighted by molar-refractivity contribution is -0.161. The van der Waals surface area contributed by atoms with E-state index in [0.29, 0.717) is 19.0 Å². The Morgan fingerprint density at radius 1 is 1.45 bits per heavy atom. The summed E-state index contributed by atoms with van der Waals surface area (Å²) in [5, 5.41) is 10.2. The van der Waals surface area contributed by atoms with Crippen molar-refractivity contribution in [3.05, 3.63) is 29.8 Å². The van der Waals surface area contributed by atoms with E-state index in [0.717, 1.165) is 25.0 Å². The van der Waals surface area contributed by atoms with Crippen LogP contribution in [0, 0.1) is 5.92 Å². The maximum Gasteiger partial charge on any atom is 0.260 e. The largest absolute Gasteiger partial charge is 0.484 e. The summed E-state index contributed by atoms with van der Waals surface area (Å²) in [5.74, 6) is 1.10. The van der Waals surface area contributed by atoms with Crippen molar-refractivity contribution in [1.82, 2.24) is 4.90 Å². The van der Waals surface area contributed by atoms with E-state index in [4.69, 9.17) is 4.74 Å². The van der Waals surface area contributed by atoms with Crippen molar-refractivity contribution in [2.24, 2.45) is 5.92 Å². The quantitative estimate of drug-likeness (QED) is 0.888. The molecule has 4 heteroatoms. The number of amides is 1. The highest BCUT2D eigenvalue weighted by Gasteiger charge is 2.53. The second kappa shape index (κ2) is 5.09. The first-order valence-electron chi connectivity index (χ1n) is 7.32. The van der Waals surface area contributed by atoms with Gasteiger partial charge in [-0.3, -0.25) is 4.79 Å². The topological polar surface area (TPSA) is 49.8 Å². The number of hydrogen-bond donors (Lipinski definition) is 1. The zero-order valence-electron chi connectivity index (χ0n) is 11.8. The zero-order valence-corrected chi connectivity index (χ0v) is 11.8. The third-order valence-electron chi connectivity index (χ3n) is 4.29. The number of carbonyl (C=O) groups excluding carboxylic acids is 1. The molecule has 1 aromatic rings. The number of nitrogens with zero attached hydrogens (tertiary/aromatic N) is 1. The Bertz CT molecular complexity index is 504. The van der Waals surface area contributed by atoms with E-state index in [1.54, 1.807) is 4.90 Å². The van der Waals surface area contributed by atoms with Gasteiger partial charge in [0.1, 0.15) is 11.4 Å². The molecule has 1 N–H and O–H groups in total. The molecular formula is C16H21NO3. The van der Waals surface area contributed by atoms with Crippen LogP contribution in [0.25, 0.3) is 0 Å². The van der Waals surface area contributed by atoms with Crippen LogP contribution in [-0.4, -0.2) is 41.2 Å². The predicted octanol–water partition coefficient (Wildman–Crippen LogP) is 1.61. The Kier molecular flexibility index (Phi) is 3.42. The van der Waals surface area contributed by atoms with Gasteiger partial charge >= 0.3 is 0 Å². The smallest absolute Gasteiger partial charge is 0.260 e. The second-order valence-corrected chi connectivity index (χ2v) is 5.92. The van der Waals surface area contributed by atoms with Gasteiger partial charge in [-0.05, 0) is 42.9 Å². The molecule has 1 aliphatic carbocycles. The van der Waals surface area contributed by atoms with Crippen molar-refractivity contribution in [2.45, 2.75) is 31.8 Å². The van der Waals surface area contributed by atoms with E-state index in [1.807, 2.05) is 24.3 Å². The highest BCUT2D eigenvalue weighted by atomic mass is 16.5. The van der Waals surface area contributed by atoms with E-state index >= 15 is 0 Å². The lowest BCUT2D eigenvalue weighted by Crippen LogP contribution is -2.65. The zero-order chi connectivity index (χ0) is 14.2. The standard InChI is InChI=1S/C16H21NO3/c1-2-12-4-3-5-14(8-12)20-9-15(18)17-10-16(19,11-17)13-6-7-13/h3-5,8,13,19H,2,6-7,9-11H2,1H3. The fourth-order valence-electron chi connectivity index (χ4n) is 2.76. The van der Waals surface area contributed by atoms with Crippen LogP contribution in [-0.2, 0) is 11.2 Å². The normalized spacial score (nSPS) is 20.4. The molecule has 1 saturated carbocycles. The summed E-state index contributed by atoms with van der Waals surface area (Å²) in [6, 6.07) is 7.81. The number of rotatable bonds is 5. The first-order valence-corrected chi connectivity index (χ1v) is 7.32. The summed E-state index contributed by atoms with van der Waals surface area (Å²) in [4.78, 5) is 13.7. The van der Waals surface area contributed by atoms with E-state index in [2.05, 4.69) is 6.92 Å². The Morgan fingerprint density at radius 2 is 2.20 bits per heavy atom.